The van der Waals surface area contributed by atoms with E-state index in [4.69, 9.17) is 26.8 Å². The number of amides is 4. The van der Waals surface area contributed by atoms with Gasteiger partial charge in [0.15, 0.2) is 0 Å². The Morgan fingerprint density at radius 1 is 0.857 bits per heavy atom. The number of carbonyl (C=O) groups is 6. The summed E-state index contributed by atoms with van der Waals surface area (Å²) < 4.78 is 0. The minimum absolute atomic E-state index is 0.674. The maximum absolute atomic E-state index is 12.2. The molecule has 0 aromatic rings. The van der Waals surface area contributed by atoms with Gasteiger partial charge in [-0.2, -0.15) is 0 Å². The van der Waals surface area contributed by atoms with Crippen molar-refractivity contribution >= 4 is 35.6 Å². The van der Waals surface area contributed by atoms with Gasteiger partial charge in [-0.15, -0.1) is 0 Å². The molecule has 0 aromatic heterocycles. The highest BCUT2D eigenvalue weighted by Crippen LogP contribution is 1.99. The second-order valence-electron chi connectivity index (χ2n) is 5.75. The number of carboxylic acids is 2. The van der Waals surface area contributed by atoms with Crippen molar-refractivity contribution in [3.63, 3.8) is 0 Å². The number of aliphatic hydroxyl groups excluding tert-OH is 1. The first-order chi connectivity index (χ1) is 12.9. The molecule has 4 unspecified atom stereocenters. The predicted octanol–water partition coefficient (Wildman–Crippen LogP) is -4.78. The molecule has 0 saturated carbocycles. The van der Waals surface area contributed by atoms with Gasteiger partial charge in [-0.25, -0.2) is 4.79 Å². The minimum atomic E-state index is -1.81. The molecule has 0 rings (SSSR count). The Kier molecular flexibility index (Phi) is 10.1. The normalized spacial score (nSPS) is 14.7. The zero-order valence-electron chi connectivity index (χ0n) is 14.9. The van der Waals surface area contributed by atoms with Crippen LogP contribution in [0.1, 0.15) is 19.8 Å². The maximum Gasteiger partial charge on any atom is 0.326 e. The monoisotopic (exact) mass is 405 g/mol. The molecule has 0 aromatic carbocycles. The Hall–Kier alpha value is -3.26. The van der Waals surface area contributed by atoms with Crippen LogP contribution in [-0.4, -0.2) is 81.7 Å². The highest BCUT2D eigenvalue weighted by Gasteiger charge is 2.30. The van der Waals surface area contributed by atoms with E-state index in [-0.39, 0.29) is 0 Å². The van der Waals surface area contributed by atoms with Crippen molar-refractivity contribution in [2.75, 3.05) is 6.61 Å². The molecule has 4 atom stereocenters. The number of nitrogens with one attached hydrogen (secondary N) is 3. The second-order valence-corrected chi connectivity index (χ2v) is 5.75. The Bertz CT molecular complexity index is 639. The van der Waals surface area contributed by atoms with Gasteiger partial charge in [0.2, 0.25) is 23.6 Å². The van der Waals surface area contributed by atoms with E-state index in [0.29, 0.717) is 0 Å². The first-order valence-electron chi connectivity index (χ1n) is 7.89. The number of nitrogens with two attached hydrogens (primary N) is 2. The zero-order valence-corrected chi connectivity index (χ0v) is 14.9. The zero-order chi connectivity index (χ0) is 22.0. The molecular weight excluding hydrogens is 382 g/mol. The molecule has 0 heterocycles. The minimum Gasteiger partial charge on any atom is -0.481 e. The van der Waals surface area contributed by atoms with Crippen LogP contribution < -0.4 is 27.4 Å². The van der Waals surface area contributed by atoms with Crippen molar-refractivity contribution < 1.29 is 44.1 Å². The third-order valence-electron chi connectivity index (χ3n) is 3.32. The first-order valence-corrected chi connectivity index (χ1v) is 7.89. The van der Waals surface area contributed by atoms with Gasteiger partial charge in [-0.3, -0.25) is 24.0 Å². The van der Waals surface area contributed by atoms with Crippen LogP contribution in [0, 0.1) is 0 Å². The number of aliphatic hydroxyl groups is 1. The number of rotatable bonds is 12. The van der Waals surface area contributed by atoms with Crippen LogP contribution in [0.3, 0.4) is 0 Å². The van der Waals surface area contributed by atoms with Crippen molar-refractivity contribution in [3.05, 3.63) is 0 Å². The fraction of sp³-hybridized carbons (Fsp3) is 0.571. The predicted molar refractivity (Wildman–Crippen MR) is 90.2 cm³/mol. The van der Waals surface area contributed by atoms with Gasteiger partial charge < -0.3 is 42.7 Å². The lowest BCUT2D eigenvalue weighted by atomic mass is 10.1. The fourth-order valence-electron chi connectivity index (χ4n) is 1.82. The van der Waals surface area contributed by atoms with E-state index in [1.807, 2.05) is 5.32 Å². The summed E-state index contributed by atoms with van der Waals surface area (Å²) in [5.74, 6) is -7.10. The van der Waals surface area contributed by atoms with E-state index in [2.05, 4.69) is 10.6 Å². The van der Waals surface area contributed by atoms with Crippen LogP contribution in [0.15, 0.2) is 0 Å². The average Bonchev–Trinajstić information content (AvgIpc) is 2.58. The summed E-state index contributed by atoms with van der Waals surface area (Å²) in [5, 5.41) is 32.5. The molecule has 158 valence electrons. The number of carboxylic acid groups (broad SMARTS) is 2. The van der Waals surface area contributed by atoms with E-state index in [0.717, 1.165) is 0 Å². The molecule has 14 nitrogen and oxygen atoms in total. The molecule has 14 heteroatoms. The highest BCUT2D eigenvalue weighted by atomic mass is 16.4. The molecule has 0 radical (unpaired) electrons. The lowest BCUT2D eigenvalue weighted by molar-refractivity contribution is -0.147. The molecule has 0 bridgehead atoms. The summed E-state index contributed by atoms with van der Waals surface area (Å²) in [5.41, 5.74) is 10.3. The van der Waals surface area contributed by atoms with Crippen LogP contribution in [0.2, 0.25) is 0 Å². The Morgan fingerprint density at radius 3 is 1.82 bits per heavy atom. The van der Waals surface area contributed by atoms with E-state index < -0.39 is 79.2 Å². The van der Waals surface area contributed by atoms with Crippen molar-refractivity contribution in [2.45, 2.75) is 43.9 Å². The van der Waals surface area contributed by atoms with Gasteiger partial charge in [-0.05, 0) is 6.92 Å². The molecule has 0 spiro atoms. The fourth-order valence-corrected chi connectivity index (χ4v) is 1.82. The maximum atomic E-state index is 12.2. The smallest absolute Gasteiger partial charge is 0.326 e. The van der Waals surface area contributed by atoms with E-state index in [1.165, 1.54) is 6.92 Å². The van der Waals surface area contributed by atoms with Crippen molar-refractivity contribution in [2.24, 2.45) is 11.5 Å². The van der Waals surface area contributed by atoms with Crippen LogP contribution in [0.25, 0.3) is 0 Å². The van der Waals surface area contributed by atoms with E-state index in [9.17, 15) is 28.8 Å². The van der Waals surface area contributed by atoms with Gasteiger partial charge in [-0.1, -0.05) is 0 Å². The van der Waals surface area contributed by atoms with Crippen molar-refractivity contribution in [1.82, 2.24) is 16.0 Å². The largest absolute Gasteiger partial charge is 0.481 e. The summed E-state index contributed by atoms with van der Waals surface area (Å²) in [6.45, 7) is 0.550. The summed E-state index contributed by atoms with van der Waals surface area (Å²) in [6, 6.07) is -5.95. The van der Waals surface area contributed by atoms with E-state index >= 15 is 0 Å². The first kappa shape index (κ1) is 24.7. The third-order valence-corrected chi connectivity index (χ3v) is 3.32. The van der Waals surface area contributed by atoms with Gasteiger partial charge in [0, 0.05) is 0 Å². The molecule has 0 aliphatic carbocycles. The topological polar surface area (TPSA) is 251 Å². The Morgan fingerprint density at radius 2 is 1.39 bits per heavy atom. The molecule has 0 aliphatic heterocycles. The van der Waals surface area contributed by atoms with Crippen LogP contribution >= 0.6 is 0 Å². The number of aliphatic carboxylic acids is 2. The number of primary amides is 1. The molecule has 0 fully saturated rings. The number of hydrogen-bond acceptors (Lipinski definition) is 8. The van der Waals surface area contributed by atoms with Crippen LogP contribution in [0.5, 0.6) is 0 Å². The molecule has 0 aliphatic rings. The Balaban J connectivity index is 5.14. The van der Waals surface area contributed by atoms with Crippen LogP contribution in [0.4, 0.5) is 0 Å². The van der Waals surface area contributed by atoms with Gasteiger partial charge in [0.25, 0.3) is 0 Å². The summed E-state index contributed by atoms with van der Waals surface area (Å²) in [7, 11) is 0. The SMILES string of the molecule is CC(NC(=O)C(N)CO)C(=O)NC(CC(N)=O)C(=O)NC(CC(=O)O)C(=O)O. The molecule has 0 saturated heterocycles. The quantitative estimate of drug-likeness (QED) is 0.154. The van der Waals surface area contributed by atoms with Gasteiger partial charge in [0.05, 0.1) is 19.4 Å². The van der Waals surface area contributed by atoms with Gasteiger partial charge in [0.1, 0.15) is 24.2 Å². The highest BCUT2D eigenvalue weighted by molar-refractivity contribution is 5.96. The van der Waals surface area contributed by atoms with Crippen molar-refractivity contribution in [3.8, 4) is 0 Å². The molecular formula is C14H23N5O9. The molecule has 10 N–H and O–H groups in total. The van der Waals surface area contributed by atoms with E-state index in [1.54, 1.807) is 0 Å². The summed E-state index contributed by atoms with van der Waals surface area (Å²) in [6.07, 6.45) is -1.66. The number of hydrogen-bond donors (Lipinski definition) is 8. The summed E-state index contributed by atoms with van der Waals surface area (Å²) in [4.78, 5) is 68.7. The van der Waals surface area contributed by atoms with Crippen LogP contribution in [-0.2, 0) is 28.8 Å². The molecule has 4 amide bonds. The van der Waals surface area contributed by atoms with Gasteiger partial charge >= 0.3 is 11.9 Å². The lowest BCUT2D eigenvalue weighted by Crippen LogP contribution is -2.57. The lowest BCUT2D eigenvalue weighted by Gasteiger charge is -2.22. The Labute approximate surface area is 158 Å². The standard InChI is InChI=1S/C14H23N5O9/c1-5(17-12(25)6(15)4-20)11(24)18-7(2-9(16)21)13(26)19-8(14(27)28)3-10(22)23/h5-8,20H,2-4,15H2,1H3,(H2,16,21)(H,17,25)(H,18,24)(H,19,26)(H,22,23)(H,27,28). The molecule has 28 heavy (non-hydrogen) atoms. The second kappa shape index (κ2) is 11.5. The average molecular weight is 405 g/mol. The number of carbonyl (C=O) groups excluding carboxylic acids is 4. The van der Waals surface area contributed by atoms with Crippen molar-refractivity contribution in [1.29, 1.82) is 0 Å². The third kappa shape index (κ3) is 8.91. The summed E-state index contributed by atoms with van der Waals surface area (Å²) >= 11 is 0.